The first kappa shape index (κ1) is 13.9. The number of hydrogen-bond acceptors (Lipinski definition) is 4. The monoisotopic (exact) mass is 238 g/mol. The van der Waals surface area contributed by atoms with Crippen molar-refractivity contribution in [3.63, 3.8) is 0 Å². The second kappa shape index (κ2) is 5.47. The van der Waals surface area contributed by atoms with Gasteiger partial charge in [0, 0.05) is 18.8 Å². The molecular weight excluding hydrogens is 216 g/mol. The predicted molar refractivity (Wildman–Crippen MR) is 67.8 cm³/mol. The zero-order valence-electron chi connectivity index (χ0n) is 11.0. The summed E-state index contributed by atoms with van der Waals surface area (Å²) in [5, 5.41) is 22.8. The zero-order chi connectivity index (χ0) is 13.1. The normalized spacial score (nSPS) is 14.9. The van der Waals surface area contributed by atoms with Gasteiger partial charge in [0.1, 0.15) is 5.75 Å². The molecule has 0 radical (unpaired) electrons. The number of rotatable bonds is 5. The van der Waals surface area contributed by atoms with E-state index >= 15 is 0 Å². The van der Waals surface area contributed by atoms with Crippen molar-refractivity contribution in [2.45, 2.75) is 39.8 Å². The van der Waals surface area contributed by atoms with Crippen LogP contribution < -0.4 is 5.32 Å². The Kier molecular flexibility index (Phi) is 4.48. The summed E-state index contributed by atoms with van der Waals surface area (Å²) in [6.45, 7) is 8.56. The van der Waals surface area contributed by atoms with Crippen molar-refractivity contribution in [1.29, 1.82) is 0 Å². The molecule has 96 valence electrons. The highest BCUT2D eigenvalue weighted by Gasteiger charge is 2.24. The van der Waals surface area contributed by atoms with Gasteiger partial charge >= 0.3 is 0 Å². The molecular formula is C13H22N2O2. The van der Waals surface area contributed by atoms with E-state index in [4.69, 9.17) is 0 Å². The second-order valence-electron chi connectivity index (χ2n) is 5.03. The predicted octanol–water partition coefficient (Wildman–Crippen LogP) is 1.59. The summed E-state index contributed by atoms with van der Waals surface area (Å²) in [5.74, 6) is 0.362. The fourth-order valence-corrected chi connectivity index (χ4v) is 1.37. The van der Waals surface area contributed by atoms with Gasteiger partial charge in [0.25, 0.3) is 0 Å². The van der Waals surface area contributed by atoms with E-state index in [-0.39, 0.29) is 11.7 Å². The Morgan fingerprint density at radius 2 is 2.06 bits per heavy atom. The second-order valence-corrected chi connectivity index (χ2v) is 5.03. The van der Waals surface area contributed by atoms with Crippen LogP contribution >= 0.6 is 0 Å². The molecule has 1 heterocycles. The van der Waals surface area contributed by atoms with Crippen LogP contribution in [0, 0.1) is 12.8 Å². The van der Waals surface area contributed by atoms with Crippen LogP contribution in [-0.4, -0.2) is 27.3 Å². The number of aryl methyl sites for hydroxylation is 1. The van der Waals surface area contributed by atoms with E-state index in [1.807, 2.05) is 20.8 Å². The third-order valence-corrected chi connectivity index (χ3v) is 3.11. The average molecular weight is 238 g/mol. The molecule has 17 heavy (non-hydrogen) atoms. The molecule has 0 aliphatic heterocycles. The van der Waals surface area contributed by atoms with E-state index in [0.29, 0.717) is 18.8 Å². The lowest BCUT2D eigenvalue weighted by Gasteiger charge is -2.27. The van der Waals surface area contributed by atoms with E-state index in [9.17, 15) is 10.2 Å². The summed E-state index contributed by atoms with van der Waals surface area (Å²) in [7, 11) is 0. The topological polar surface area (TPSA) is 65.4 Å². The molecule has 0 saturated carbocycles. The molecule has 1 unspecified atom stereocenters. The number of aliphatic hydroxyl groups is 1. The molecule has 0 saturated heterocycles. The van der Waals surface area contributed by atoms with Crippen LogP contribution in [0.2, 0.25) is 0 Å². The standard InChI is InChI=1S/C13H22N2O2/c1-9(2)13(4,17)8-14-7-11-12(16)6-5-10(3)15-11/h5-6,9,14,16-17H,7-8H2,1-4H3. The van der Waals surface area contributed by atoms with Crippen molar-refractivity contribution in [2.24, 2.45) is 5.92 Å². The molecule has 0 bridgehead atoms. The van der Waals surface area contributed by atoms with Crippen LogP contribution in [0.25, 0.3) is 0 Å². The van der Waals surface area contributed by atoms with Gasteiger partial charge in [-0.15, -0.1) is 0 Å². The summed E-state index contributed by atoms with van der Waals surface area (Å²) in [6.07, 6.45) is 0. The van der Waals surface area contributed by atoms with Crippen molar-refractivity contribution < 1.29 is 10.2 Å². The van der Waals surface area contributed by atoms with Gasteiger partial charge < -0.3 is 15.5 Å². The van der Waals surface area contributed by atoms with Gasteiger partial charge in [-0.25, -0.2) is 0 Å². The highest BCUT2D eigenvalue weighted by Crippen LogP contribution is 2.17. The Morgan fingerprint density at radius 3 is 2.65 bits per heavy atom. The number of aromatic hydroxyl groups is 1. The number of nitrogens with zero attached hydrogens (tertiary/aromatic N) is 1. The largest absolute Gasteiger partial charge is 0.506 e. The molecule has 0 aliphatic rings. The van der Waals surface area contributed by atoms with Gasteiger partial charge in [-0.3, -0.25) is 4.98 Å². The Hall–Kier alpha value is -1.13. The summed E-state index contributed by atoms with van der Waals surface area (Å²) in [4.78, 5) is 4.24. The van der Waals surface area contributed by atoms with Gasteiger partial charge in [0.15, 0.2) is 0 Å². The van der Waals surface area contributed by atoms with Crippen molar-refractivity contribution >= 4 is 0 Å². The molecule has 4 nitrogen and oxygen atoms in total. The molecule has 0 amide bonds. The van der Waals surface area contributed by atoms with Crippen LogP contribution in [0.1, 0.15) is 32.2 Å². The van der Waals surface area contributed by atoms with Crippen LogP contribution in [0.5, 0.6) is 5.75 Å². The lowest BCUT2D eigenvalue weighted by atomic mass is 9.92. The molecule has 1 aromatic heterocycles. The summed E-state index contributed by atoms with van der Waals surface area (Å²) >= 11 is 0. The molecule has 0 aliphatic carbocycles. The maximum absolute atomic E-state index is 10.0. The van der Waals surface area contributed by atoms with Crippen LogP contribution in [0.15, 0.2) is 12.1 Å². The maximum Gasteiger partial charge on any atom is 0.138 e. The van der Waals surface area contributed by atoms with Crippen LogP contribution in [-0.2, 0) is 6.54 Å². The summed E-state index contributed by atoms with van der Waals surface area (Å²) < 4.78 is 0. The molecule has 0 spiro atoms. The van der Waals surface area contributed by atoms with Crippen LogP contribution in [0.4, 0.5) is 0 Å². The zero-order valence-corrected chi connectivity index (χ0v) is 11.0. The molecule has 1 aromatic rings. The SMILES string of the molecule is Cc1ccc(O)c(CNCC(C)(O)C(C)C)n1. The summed E-state index contributed by atoms with van der Waals surface area (Å²) in [6, 6.07) is 3.41. The third kappa shape index (κ3) is 3.98. The number of aromatic nitrogens is 1. The van der Waals surface area contributed by atoms with E-state index in [1.54, 1.807) is 19.1 Å². The third-order valence-electron chi connectivity index (χ3n) is 3.11. The summed E-state index contributed by atoms with van der Waals surface area (Å²) in [5.41, 5.74) is 0.735. The Bertz CT molecular complexity index is 376. The quantitative estimate of drug-likeness (QED) is 0.729. The fraction of sp³-hybridized carbons (Fsp3) is 0.615. The lowest BCUT2D eigenvalue weighted by molar-refractivity contribution is 0.0139. The fourth-order valence-electron chi connectivity index (χ4n) is 1.37. The van der Waals surface area contributed by atoms with Gasteiger partial charge in [-0.2, -0.15) is 0 Å². The molecule has 0 aromatic carbocycles. The van der Waals surface area contributed by atoms with Gasteiger partial charge in [-0.1, -0.05) is 13.8 Å². The number of hydrogen-bond donors (Lipinski definition) is 3. The molecule has 1 atom stereocenters. The van der Waals surface area contributed by atoms with Crippen molar-refractivity contribution in [1.82, 2.24) is 10.3 Å². The molecule has 0 fully saturated rings. The Labute approximate surface area is 103 Å². The molecule has 1 rings (SSSR count). The first-order valence-electron chi connectivity index (χ1n) is 5.91. The van der Waals surface area contributed by atoms with Gasteiger partial charge in [0.2, 0.25) is 0 Å². The maximum atomic E-state index is 10.0. The van der Waals surface area contributed by atoms with Crippen LogP contribution in [0.3, 0.4) is 0 Å². The van der Waals surface area contributed by atoms with E-state index < -0.39 is 5.60 Å². The minimum absolute atomic E-state index is 0.175. The minimum atomic E-state index is -0.751. The van der Waals surface area contributed by atoms with E-state index in [0.717, 1.165) is 5.69 Å². The highest BCUT2D eigenvalue weighted by atomic mass is 16.3. The van der Waals surface area contributed by atoms with Crippen molar-refractivity contribution in [3.8, 4) is 5.75 Å². The lowest BCUT2D eigenvalue weighted by Crippen LogP contribution is -2.42. The highest BCUT2D eigenvalue weighted by molar-refractivity contribution is 5.27. The number of pyridine rings is 1. The van der Waals surface area contributed by atoms with Crippen molar-refractivity contribution in [2.75, 3.05) is 6.54 Å². The smallest absolute Gasteiger partial charge is 0.138 e. The number of nitrogens with one attached hydrogen (secondary N) is 1. The van der Waals surface area contributed by atoms with Gasteiger partial charge in [0.05, 0.1) is 11.3 Å². The molecule has 4 heteroatoms. The Balaban J connectivity index is 2.54. The average Bonchev–Trinajstić information content (AvgIpc) is 2.22. The van der Waals surface area contributed by atoms with E-state index in [1.165, 1.54) is 0 Å². The molecule has 3 N–H and O–H groups in total. The van der Waals surface area contributed by atoms with E-state index in [2.05, 4.69) is 10.3 Å². The Morgan fingerprint density at radius 1 is 1.41 bits per heavy atom. The minimum Gasteiger partial charge on any atom is -0.506 e. The van der Waals surface area contributed by atoms with Gasteiger partial charge in [-0.05, 0) is 31.9 Å². The first-order chi connectivity index (χ1) is 7.83. The first-order valence-corrected chi connectivity index (χ1v) is 5.91. The van der Waals surface area contributed by atoms with Crippen molar-refractivity contribution in [3.05, 3.63) is 23.5 Å².